The number of carboxylic acids is 1. The molecule has 4 N–H and O–H groups in total. The van der Waals surface area contributed by atoms with Crippen LogP contribution >= 0.6 is 0 Å². The van der Waals surface area contributed by atoms with Gasteiger partial charge >= 0.3 is 5.97 Å². The van der Waals surface area contributed by atoms with E-state index in [1.54, 1.807) is 6.07 Å². The van der Waals surface area contributed by atoms with E-state index >= 15 is 0 Å². The summed E-state index contributed by atoms with van der Waals surface area (Å²) >= 11 is 0. The molecule has 0 bridgehead atoms. The monoisotopic (exact) mass is 326 g/mol. The van der Waals surface area contributed by atoms with Gasteiger partial charge in [-0.15, -0.1) is 0 Å². The Balaban J connectivity index is 2.28. The fourth-order valence-corrected chi connectivity index (χ4v) is 2.50. The lowest BCUT2D eigenvalue weighted by atomic mass is 9.98. The van der Waals surface area contributed by atoms with Gasteiger partial charge in [-0.3, -0.25) is 0 Å². The van der Waals surface area contributed by atoms with E-state index in [-0.39, 0.29) is 5.92 Å². The predicted molar refractivity (Wildman–Crippen MR) is 80.2 cm³/mol. The normalized spacial score (nSPS) is 31.2. The number of hydrogen-bond donors (Lipinski definition) is 4. The van der Waals surface area contributed by atoms with Crippen molar-refractivity contribution in [3.63, 3.8) is 0 Å². The van der Waals surface area contributed by atoms with Crippen molar-refractivity contribution in [1.82, 2.24) is 0 Å². The van der Waals surface area contributed by atoms with Gasteiger partial charge in [0.05, 0.1) is 0 Å². The topological polar surface area (TPSA) is 116 Å². The number of carboxylic acid groups (broad SMARTS) is 1. The number of hydrogen-bond acceptors (Lipinski definition) is 6. The molecule has 1 saturated heterocycles. The van der Waals surface area contributed by atoms with Crippen molar-refractivity contribution >= 4 is 5.97 Å². The molecule has 2 rings (SSSR count). The second kappa shape index (κ2) is 6.84. The molecule has 0 spiro atoms. The summed E-state index contributed by atoms with van der Waals surface area (Å²) < 4.78 is 10.8. The zero-order valence-electron chi connectivity index (χ0n) is 13.2. The number of ether oxygens (including phenoxy) is 2. The fourth-order valence-electron chi connectivity index (χ4n) is 2.50. The number of benzene rings is 1. The lowest BCUT2D eigenvalue weighted by Crippen LogP contribution is -2.61. The molecule has 1 aliphatic rings. The number of rotatable bonds is 4. The Morgan fingerprint density at radius 3 is 2.39 bits per heavy atom. The molecule has 1 aromatic rings. The van der Waals surface area contributed by atoms with Crippen LogP contribution in [0.3, 0.4) is 0 Å². The van der Waals surface area contributed by atoms with Crippen molar-refractivity contribution in [2.45, 2.75) is 57.4 Å². The van der Waals surface area contributed by atoms with E-state index < -0.39 is 36.7 Å². The van der Waals surface area contributed by atoms with Gasteiger partial charge in [0.2, 0.25) is 6.29 Å². The number of aliphatic hydroxyl groups is 3. The van der Waals surface area contributed by atoms with Crippen LogP contribution < -0.4 is 4.74 Å². The van der Waals surface area contributed by atoms with Crippen LogP contribution in [0.15, 0.2) is 18.2 Å². The summed E-state index contributed by atoms with van der Waals surface area (Å²) in [6.07, 6.45) is -8.05. The van der Waals surface area contributed by atoms with E-state index in [9.17, 15) is 20.1 Å². The summed E-state index contributed by atoms with van der Waals surface area (Å²) in [6, 6.07) is 5.54. The molecular formula is C16H22O7. The first kappa shape index (κ1) is 17.7. The summed E-state index contributed by atoms with van der Waals surface area (Å²) in [5, 5.41) is 38.6. The molecule has 1 aliphatic heterocycles. The van der Waals surface area contributed by atoms with Gasteiger partial charge in [0.15, 0.2) is 6.10 Å². The zero-order chi connectivity index (χ0) is 17.3. The van der Waals surface area contributed by atoms with Crippen LogP contribution in [0.25, 0.3) is 0 Å². The Kier molecular flexibility index (Phi) is 5.26. The summed E-state index contributed by atoms with van der Waals surface area (Å²) in [5.41, 5.74) is 1.78. The molecule has 7 heteroatoms. The molecule has 1 heterocycles. The van der Waals surface area contributed by atoms with Crippen molar-refractivity contribution in [1.29, 1.82) is 0 Å². The third-order valence-electron chi connectivity index (χ3n) is 3.85. The maximum Gasteiger partial charge on any atom is 0.335 e. The Bertz CT molecular complexity index is 572. The predicted octanol–water partition coefficient (Wildman–Crippen LogP) is 0.389. The molecule has 1 aromatic carbocycles. The second-order valence-electron chi connectivity index (χ2n) is 6.05. The molecule has 5 atom stereocenters. The van der Waals surface area contributed by atoms with Crippen LogP contribution in [0.5, 0.6) is 5.75 Å². The smallest absolute Gasteiger partial charge is 0.335 e. The van der Waals surface area contributed by atoms with Crippen molar-refractivity contribution in [2.24, 2.45) is 0 Å². The number of aryl methyl sites for hydroxylation is 1. The summed E-state index contributed by atoms with van der Waals surface area (Å²) in [5.74, 6) is -0.862. The molecule has 0 aliphatic carbocycles. The third kappa shape index (κ3) is 3.64. The first-order valence-electron chi connectivity index (χ1n) is 7.42. The van der Waals surface area contributed by atoms with E-state index in [1.165, 1.54) is 0 Å². The van der Waals surface area contributed by atoms with Crippen LogP contribution in [0.1, 0.15) is 30.9 Å². The van der Waals surface area contributed by atoms with Crippen LogP contribution in [-0.2, 0) is 9.53 Å². The average molecular weight is 326 g/mol. The van der Waals surface area contributed by atoms with Gasteiger partial charge in [0.25, 0.3) is 0 Å². The highest BCUT2D eigenvalue weighted by Gasteiger charge is 2.48. The Morgan fingerprint density at radius 1 is 1.17 bits per heavy atom. The summed E-state index contributed by atoms with van der Waals surface area (Å²) in [6.45, 7) is 5.80. The molecule has 0 amide bonds. The highest BCUT2D eigenvalue weighted by molar-refractivity contribution is 5.73. The third-order valence-corrected chi connectivity index (χ3v) is 3.85. The minimum Gasteiger partial charge on any atom is -0.479 e. The van der Waals surface area contributed by atoms with Crippen molar-refractivity contribution < 1.29 is 34.7 Å². The van der Waals surface area contributed by atoms with E-state index in [1.807, 2.05) is 32.9 Å². The van der Waals surface area contributed by atoms with Gasteiger partial charge < -0.3 is 29.9 Å². The molecule has 0 unspecified atom stereocenters. The molecule has 0 saturated carbocycles. The fraction of sp³-hybridized carbons (Fsp3) is 0.562. The minimum atomic E-state index is -1.73. The Morgan fingerprint density at radius 2 is 1.83 bits per heavy atom. The standard InChI is InChI=1S/C16H22O7/c1-7(2)9-5-4-8(3)6-10(9)22-16-13(19)11(17)12(18)14(23-16)15(20)21/h4-7,11-14,16-19H,1-3H3,(H,20,21)/t11-,12-,13+,14-,16+/m0/s1. The average Bonchev–Trinajstić information content (AvgIpc) is 2.47. The molecule has 7 nitrogen and oxygen atoms in total. The van der Waals surface area contributed by atoms with E-state index in [0.717, 1.165) is 11.1 Å². The lowest BCUT2D eigenvalue weighted by molar-refractivity contribution is -0.271. The van der Waals surface area contributed by atoms with Gasteiger partial charge in [-0.2, -0.15) is 0 Å². The maximum atomic E-state index is 11.1. The van der Waals surface area contributed by atoms with Gasteiger partial charge in [-0.25, -0.2) is 4.79 Å². The largest absolute Gasteiger partial charge is 0.479 e. The number of aliphatic carboxylic acids is 1. The highest BCUT2D eigenvalue weighted by atomic mass is 16.7. The minimum absolute atomic E-state index is 0.136. The first-order valence-corrected chi connectivity index (χ1v) is 7.42. The first-order chi connectivity index (χ1) is 10.7. The van der Waals surface area contributed by atoms with Crippen LogP contribution in [0.2, 0.25) is 0 Å². The van der Waals surface area contributed by atoms with Crippen LogP contribution in [0, 0.1) is 6.92 Å². The van der Waals surface area contributed by atoms with Gasteiger partial charge in [-0.05, 0) is 30.0 Å². The van der Waals surface area contributed by atoms with E-state index in [4.69, 9.17) is 14.6 Å². The molecule has 1 fully saturated rings. The molecule has 0 aromatic heterocycles. The zero-order valence-corrected chi connectivity index (χ0v) is 13.2. The molecular weight excluding hydrogens is 304 g/mol. The van der Waals surface area contributed by atoms with Gasteiger partial charge in [0, 0.05) is 0 Å². The SMILES string of the molecule is Cc1ccc(C(C)C)c(O[C@@H]2O[C@H](C(=O)O)[C@@H](O)[C@H](O)[C@H]2O)c1. The van der Waals surface area contributed by atoms with Gasteiger partial charge in [0.1, 0.15) is 24.1 Å². The number of aliphatic hydroxyl groups excluding tert-OH is 3. The molecule has 23 heavy (non-hydrogen) atoms. The van der Waals surface area contributed by atoms with Crippen molar-refractivity contribution in [3.05, 3.63) is 29.3 Å². The quantitative estimate of drug-likeness (QED) is 0.632. The molecule has 128 valence electrons. The lowest BCUT2D eigenvalue weighted by Gasteiger charge is -2.38. The van der Waals surface area contributed by atoms with Crippen molar-refractivity contribution in [3.8, 4) is 5.75 Å². The van der Waals surface area contributed by atoms with E-state index in [0.29, 0.717) is 5.75 Å². The Labute approximate surface area is 134 Å². The summed E-state index contributed by atoms with van der Waals surface area (Å²) in [4.78, 5) is 11.1. The highest BCUT2D eigenvalue weighted by Crippen LogP contribution is 2.31. The maximum absolute atomic E-state index is 11.1. The van der Waals surface area contributed by atoms with Crippen LogP contribution in [-0.4, -0.2) is 57.1 Å². The second-order valence-corrected chi connectivity index (χ2v) is 6.05. The molecule has 0 radical (unpaired) electrons. The summed E-state index contributed by atoms with van der Waals surface area (Å²) in [7, 11) is 0. The van der Waals surface area contributed by atoms with E-state index in [2.05, 4.69) is 0 Å². The number of carbonyl (C=O) groups is 1. The van der Waals surface area contributed by atoms with Gasteiger partial charge in [-0.1, -0.05) is 26.0 Å². The van der Waals surface area contributed by atoms with Crippen molar-refractivity contribution in [2.75, 3.05) is 0 Å². The Hall–Kier alpha value is -1.67. The van der Waals surface area contributed by atoms with Crippen LogP contribution in [0.4, 0.5) is 0 Å².